The second-order valence-corrected chi connectivity index (χ2v) is 6.98. The summed E-state index contributed by atoms with van der Waals surface area (Å²) in [5.74, 6) is 6.89. The Morgan fingerprint density at radius 1 is 1.27 bits per heavy atom. The van der Waals surface area contributed by atoms with Gasteiger partial charge in [0.25, 0.3) is 0 Å². The molecule has 2 aromatic rings. The van der Waals surface area contributed by atoms with Gasteiger partial charge in [-0.25, -0.2) is 15.0 Å². The highest BCUT2D eigenvalue weighted by Gasteiger charge is 2.20. The smallest absolute Gasteiger partial charge is 0.316 e. The average molecular weight is 434 g/mol. The number of rotatable bonds is 8. The van der Waals surface area contributed by atoms with E-state index in [2.05, 4.69) is 37.4 Å². The van der Waals surface area contributed by atoms with Gasteiger partial charge in [-0.1, -0.05) is 31.1 Å². The third-order valence-corrected chi connectivity index (χ3v) is 4.76. The standard InChI is InChI=1S/C12H12N4OS.C7H13NO2.C2H6/c1-8-10(18-12(13-2)16-8)5-4-9-6-14-11(17-3)15-7-9;9-6-8-3-4-10-5-7-1-2-7;1-2/h6-7H,1-3H3,(H,13,16);6-7H,1-5H2,(H,8,9);1-2H3. The van der Waals surface area contributed by atoms with Crippen molar-refractivity contribution in [1.82, 2.24) is 20.3 Å². The Balaban J connectivity index is 0.000000318. The van der Waals surface area contributed by atoms with E-state index < -0.39 is 0 Å². The third kappa shape index (κ3) is 10.2. The fraction of sp³-hybridized carbons (Fsp3) is 0.524. The van der Waals surface area contributed by atoms with Gasteiger partial charge < -0.3 is 20.1 Å². The van der Waals surface area contributed by atoms with Crippen molar-refractivity contribution >= 4 is 22.9 Å². The van der Waals surface area contributed by atoms with Crippen LogP contribution in [0.2, 0.25) is 0 Å². The van der Waals surface area contributed by atoms with Crippen molar-refractivity contribution in [2.45, 2.75) is 33.6 Å². The first kappa shape index (κ1) is 25.3. The average Bonchev–Trinajstić information content (AvgIpc) is 3.55. The van der Waals surface area contributed by atoms with Gasteiger partial charge in [0, 0.05) is 32.6 Å². The summed E-state index contributed by atoms with van der Waals surface area (Å²) in [6, 6.07) is 0.340. The molecule has 1 amide bonds. The summed E-state index contributed by atoms with van der Waals surface area (Å²) < 4.78 is 10.1. The SMILES string of the molecule is CC.CNc1nc(C)c(C#Cc2cnc(OC)nc2)s1.O=CNCCOCC1CC1. The number of hydrogen-bond acceptors (Lipinski definition) is 8. The Labute approximate surface area is 182 Å². The number of carbonyl (C=O) groups is 1. The summed E-state index contributed by atoms with van der Waals surface area (Å²) in [5, 5.41) is 6.40. The van der Waals surface area contributed by atoms with Crippen molar-refractivity contribution in [3.8, 4) is 17.9 Å². The summed E-state index contributed by atoms with van der Waals surface area (Å²) in [5.41, 5.74) is 1.67. The predicted molar refractivity (Wildman–Crippen MR) is 120 cm³/mol. The quantitative estimate of drug-likeness (QED) is 0.375. The molecule has 30 heavy (non-hydrogen) atoms. The number of hydrogen-bond donors (Lipinski definition) is 2. The van der Waals surface area contributed by atoms with Crippen LogP contribution in [0.1, 0.15) is 42.8 Å². The van der Waals surface area contributed by atoms with Crippen molar-refractivity contribution in [3.05, 3.63) is 28.5 Å². The Bertz CT molecular complexity index is 795. The molecule has 2 heterocycles. The first-order valence-corrected chi connectivity index (χ1v) is 10.8. The maximum Gasteiger partial charge on any atom is 0.316 e. The largest absolute Gasteiger partial charge is 0.467 e. The molecule has 2 N–H and O–H groups in total. The Morgan fingerprint density at radius 3 is 2.50 bits per heavy atom. The minimum absolute atomic E-state index is 0.340. The van der Waals surface area contributed by atoms with Crippen molar-refractivity contribution < 1.29 is 14.3 Å². The second kappa shape index (κ2) is 15.2. The van der Waals surface area contributed by atoms with Gasteiger partial charge in [0.1, 0.15) is 4.88 Å². The molecule has 0 spiro atoms. The lowest BCUT2D eigenvalue weighted by Gasteiger charge is -2.00. The summed E-state index contributed by atoms with van der Waals surface area (Å²) in [6.45, 7) is 8.10. The predicted octanol–water partition coefficient (Wildman–Crippen LogP) is 2.88. The molecular weight excluding hydrogens is 402 g/mol. The van der Waals surface area contributed by atoms with E-state index in [1.54, 1.807) is 12.4 Å². The lowest BCUT2D eigenvalue weighted by molar-refractivity contribution is -0.109. The van der Waals surface area contributed by atoms with Gasteiger partial charge in [0.2, 0.25) is 6.41 Å². The van der Waals surface area contributed by atoms with Crippen molar-refractivity contribution in [2.75, 3.05) is 39.2 Å². The topological polar surface area (TPSA) is 98.3 Å². The third-order valence-electron chi connectivity index (χ3n) is 3.67. The number of aryl methyl sites for hydroxylation is 1. The number of carbonyl (C=O) groups excluding carboxylic acids is 1. The molecule has 0 atom stereocenters. The van der Waals surface area contributed by atoms with Gasteiger partial charge in [-0.15, -0.1) is 0 Å². The van der Waals surface area contributed by atoms with Gasteiger partial charge in [-0.05, 0) is 31.6 Å². The number of amides is 1. The van der Waals surface area contributed by atoms with Crippen LogP contribution >= 0.6 is 11.3 Å². The normalized spacial score (nSPS) is 11.5. The number of nitrogens with one attached hydrogen (secondary N) is 2. The number of nitrogens with zero attached hydrogens (tertiary/aromatic N) is 3. The van der Waals surface area contributed by atoms with Crippen molar-refractivity contribution in [1.29, 1.82) is 0 Å². The first-order valence-electron chi connectivity index (χ1n) is 9.94. The van der Waals surface area contributed by atoms with Crippen molar-refractivity contribution in [2.24, 2.45) is 5.92 Å². The van der Waals surface area contributed by atoms with E-state index in [9.17, 15) is 4.79 Å². The van der Waals surface area contributed by atoms with Crippen LogP contribution < -0.4 is 15.4 Å². The molecular formula is C21H31N5O3S. The van der Waals surface area contributed by atoms with Crippen LogP contribution in [0, 0.1) is 24.7 Å². The van der Waals surface area contributed by atoms with Crippen LogP contribution in [-0.2, 0) is 9.53 Å². The molecule has 0 radical (unpaired) electrons. The van der Waals surface area contributed by atoms with Crippen molar-refractivity contribution in [3.63, 3.8) is 0 Å². The zero-order valence-electron chi connectivity index (χ0n) is 18.3. The summed E-state index contributed by atoms with van der Waals surface area (Å²) >= 11 is 1.53. The van der Waals surface area contributed by atoms with Crippen LogP contribution in [0.4, 0.5) is 5.13 Å². The minimum Gasteiger partial charge on any atom is -0.467 e. The lowest BCUT2D eigenvalue weighted by atomic mass is 10.3. The molecule has 1 saturated carbocycles. The summed E-state index contributed by atoms with van der Waals surface area (Å²) in [7, 11) is 3.37. The minimum atomic E-state index is 0.340. The molecule has 0 unspecified atom stereocenters. The highest BCUT2D eigenvalue weighted by Crippen LogP contribution is 2.28. The molecule has 0 bridgehead atoms. The molecule has 2 aromatic heterocycles. The lowest BCUT2D eigenvalue weighted by Crippen LogP contribution is -2.17. The van der Waals surface area contributed by atoms with E-state index in [4.69, 9.17) is 9.47 Å². The maximum atomic E-state index is 9.75. The van der Waals surface area contributed by atoms with Gasteiger partial charge in [-0.3, -0.25) is 4.79 Å². The fourth-order valence-electron chi connectivity index (χ4n) is 1.96. The van der Waals surface area contributed by atoms with Crippen LogP contribution in [-0.4, -0.2) is 55.3 Å². The molecule has 1 aliphatic rings. The second-order valence-electron chi connectivity index (χ2n) is 5.98. The highest BCUT2D eigenvalue weighted by molar-refractivity contribution is 7.16. The first-order chi connectivity index (χ1) is 14.7. The van der Waals surface area contributed by atoms with Gasteiger partial charge >= 0.3 is 6.01 Å². The van der Waals surface area contributed by atoms with Crippen LogP contribution in [0.5, 0.6) is 6.01 Å². The van der Waals surface area contributed by atoms with E-state index in [-0.39, 0.29) is 0 Å². The molecule has 8 nitrogen and oxygen atoms in total. The van der Waals surface area contributed by atoms with Crippen LogP contribution in [0.3, 0.4) is 0 Å². The molecule has 0 aromatic carbocycles. The molecule has 9 heteroatoms. The zero-order chi connectivity index (χ0) is 22.2. The van der Waals surface area contributed by atoms with Gasteiger partial charge in [0.05, 0.1) is 25.0 Å². The van der Waals surface area contributed by atoms with E-state index in [0.717, 1.165) is 33.8 Å². The van der Waals surface area contributed by atoms with Gasteiger partial charge in [0.15, 0.2) is 5.13 Å². The van der Waals surface area contributed by atoms with Crippen LogP contribution in [0.15, 0.2) is 12.4 Å². The van der Waals surface area contributed by atoms with Gasteiger partial charge in [-0.2, -0.15) is 0 Å². The summed E-state index contributed by atoms with van der Waals surface area (Å²) in [4.78, 5) is 23.0. The number of aromatic nitrogens is 3. The Kier molecular flexibility index (Phi) is 12.8. The zero-order valence-corrected chi connectivity index (χ0v) is 19.1. The molecule has 3 rings (SSSR count). The number of methoxy groups -OCH3 is 1. The summed E-state index contributed by atoms with van der Waals surface area (Å²) in [6.07, 6.45) is 6.60. The number of anilines is 1. The van der Waals surface area contributed by atoms with E-state index in [1.165, 1.54) is 31.3 Å². The molecule has 0 aliphatic heterocycles. The molecule has 0 saturated heterocycles. The molecule has 1 aliphatic carbocycles. The monoisotopic (exact) mass is 433 g/mol. The molecule has 164 valence electrons. The van der Waals surface area contributed by atoms with E-state index >= 15 is 0 Å². The van der Waals surface area contributed by atoms with E-state index in [1.807, 2.05) is 27.8 Å². The maximum absolute atomic E-state index is 9.75. The Morgan fingerprint density at radius 2 is 1.97 bits per heavy atom. The fourth-order valence-corrected chi connectivity index (χ4v) is 2.73. The highest BCUT2D eigenvalue weighted by atomic mass is 32.1. The number of ether oxygens (including phenoxy) is 2. The van der Waals surface area contributed by atoms with E-state index in [0.29, 0.717) is 25.6 Å². The molecule has 1 fully saturated rings. The number of thiazole rings is 1. The Hall–Kier alpha value is -2.70. The van der Waals surface area contributed by atoms with Crippen LogP contribution in [0.25, 0.3) is 0 Å².